The Morgan fingerprint density at radius 1 is 1.12 bits per heavy atom. The second-order valence-corrected chi connectivity index (χ2v) is 8.65. The summed E-state index contributed by atoms with van der Waals surface area (Å²) in [7, 11) is -2.58. The molecule has 132 valence electrons. The number of hydrogen-bond acceptors (Lipinski definition) is 4. The third-order valence-corrected chi connectivity index (χ3v) is 6.67. The van der Waals surface area contributed by atoms with Gasteiger partial charge < -0.3 is 4.74 Å². The molecule has 1 aliphatic heterocycles. The summed E-state index contributed by atoms with van der Waals surface area (Å²) < 4.78 is 35.7. The molecule has 0 saturated carbocycles. The molecular weight excluding hydrogens is 336 g/mol. The van der Waals surface area contributed by atoms with Gasteiger partial charge in [0, 0.05) is 12.0 Å². The Bertz CT molecular complexity index is 960. The predicted molar refractivity (Wildman–Crippen MR) is 95.7 cm³/mol. The average Bonchev–Trinajstić information content (AvgIpc) is 3.21. The molecule has 2 aromatic carbocycles. The maximum absolute atomic E-state index is 12.3. The summed E-state index contributed by atoms with van der Waals surface area (Å²) in [5.74, 6) is 0.977. The van der Waals surface area contributed by atoms with E-state index >= 15 is 0 Å². The van der Waals surface area contributed by atoms with Crippen molar-refractivity contribution in [2.24, 2.45) is 0 Å². The van der Waals surface area contributed by atoms with E-state index in [9.17, 15) is 8.42 Å². The summed E-state index contributed by atoms with van der Waals surface area (Å²) in [6.07, 6.45) is 3.72. The van der Waals surface area contributed by atoms with Crippen LogP contribution in [0.1, 0.15) is 45.9 Å². The van der Waals surface area contributed by atoms with E-state index in [2.05, 4.69) is 13.0 Å². The smallest absolute Gasteiger partial charge is 0.297 e. The molecule has 0 radical (unpaired) electrons. The van der Waals surface area contributed by atoms with Gasteiger partial charge in [-0.15, -0.1) is 0 Å². The molecule has 25 heavy (non-hydrogen) atoms. The second kappa shape index (κ2) is 5.85. The summed E-state index contributed by atoms with van der Waals surface area (Å²) in [6, 6.07) is 7.51. The quantitative estimate of drug-likeness (QED) is 0.783. The van der Waals surface area contributed by atoms with Crippen molar-refractivity contribution in [1.82, 2.24) is 0 Å². The molecule has 2 aromatic rings. The van der Waals surface area contributed by atoms with Crippen LogP contribution in [-0.4, -0.2) is 15.5 Å². The van der Waals surface area contributed by atoms with Gasteiger partial charge in [-0.2, -0.15) is 8.42 Å². The number of rotatable bonds is 3. The summed E-state index contributed by atoms with van der Waals surface area (Å²) in [5.41, 5.74) is 6.93. The van der Waals surface area contributed by atoms with Gasteiger partial charge >= 0.3 is 0 Å². The van der Waals surface area contributed by atoms with E-state index in [-0.39, 0.29) is 11.0 Å². The predicted octanol–water partition coefficient (Wildman–Crippen LogP) is 3.80. The molecule has 4 rings (SSSR count). The van der Waals surface area contributed by atoms with Crippen molar-refractivity contribution in [2.45, 2.75) is 50.5 Å². The van der Waals surface area contributed by atoms with Crippen molar-refractivity contribution in [3.05, 3.63) is 57.6 Å². The van der Waals surface area contributed by atoms with Crippen LogP contribution < -0.4 is 4.74 Å². The molecule has 1 aliphatic carbocycles. The van der Waals surface area contributed by atoms with Gasteiger partial charge in [0.1, 0.15) is 16.7 Å². The Morgan fingerprint density at radius 3 is 2.64 bits per heavy atom. The zero-order chi connectivity index (χ0) is 17.8. The molecule has 0 bridgehead atoms. The van der Waals surface area contributed by atoms with E-state index in [1.807, 2.05) is 13.0 Å². The fraction of sp³-hybridized carbons (Fsp3) is 0.400. The Labute approximate surface area is 148 Å². The van der Waals surface area contributed by atoms with Crippen LogP contribution >= 0.6 is 0 Å². The standard InChI is InChI=1S/C20H22O4S/c1-12-7-8-19(25(21,22)23-3)17(9-12)18-11-14-10-13(2)15-5-4-6-16(15)20(14)24-18/h7-10,18H,4-6,11H2,1-3H3. The van der Waals surface area contributed by atoms with Crippen LogP contribution in [0.4, 0.5) is 0 Å². The number of ether oxygens (including phenoxy) is 1. The van der Waals surface area contributed by atoms with Crippen molar-refractivity contribution in [3.63, 3.8) is 0 Å². The number of aryl methyl sites for hydroxylation is 2. The first kappa shape index (κ1) is 16.6. The lowest BCUT2D eigenvalue weighted by Crippen LogP contribution is -2.12. The lowest BCUT2D eigenvalue weighted by atomic mass is 9.96. The van der Waals surface area contributed by atoms with E-state index in [1.165, 1.54) is 29.4 Å². The van der Waals surface area contributed by atoms with Crippen LogP contribution in [0.2, 0.25) is 0 Å². The summed E-state index contributed by atoms with van der Waals surface area (Å²) in [4.78, 5) is 0.201. The summed E-state index contributed by atoms with van der Waals surface area (Å²) in [6.45, 7) is 4.11. The van der Waals surface area contributed by atoms with Crippen LogP contribution in [0.15, 0.2) is 29.2 Å². The largest absolute Gasteiger partial charge is 0.485 e. The zero-order valence-corrected chi connectivity index (χ0v) is 15.6. The minimum atomic E-state index is -3.77. The van der Waals surface area contributed by atoms with Crippen LogP contribution in [0.5, 0.6) is 5.75 Å². The van der Waals surface area contributed by atoms with Crippen molar-refractivity contribution in [1.29, 1.82) is 0 Å². The molecule has 0 aromatic heterocycles. The third-order valence-electron chi connectivity index (χ3n) is 5.32. The van der Waals surface area contributed by atoms with Gasteiger partial charge in [0.05, 0.1) is 7.11 Å². The molecule has 1 atom stereocenters. The summed E-state index contributed by atoms with van der Waals surface area (Å²) in [5, 5.41) is 0. The normalized spacial score (nSPS) is 18.8. The zero-order valence-electron chi connectivity index (χ0n) is 14.8. The fourth-order valence-corrected chi connectivity index (χ4v) is 5.02. The van der Waals surface area contributed by atoms with Gasteiger partial charge in [-0.1, -0.05) is 23.8 Å². The molecule has 1 unspecified atom stereocenters. The van der Waals surface area contributed by atoms with Gasteiger partial charge in [-0.3, -0.25) is 4.18 Å². The Hall–Kier alpha value is -1.85. The van der Waals surface area contributed by atoms with Crippen LogP contribution in [0, 0.1) is 13.8 Å². The molecule has 0 spiro atoms. The highest BCUT2D eigenvalue weighted by molar-refractivity contribution is 7.86. The van der Waals surface area contributed by atoms with E-state index < -0.39 is 10.1 Å². The average molecular weight is 358 g/mol. The SMILES string of the molecule is COS(=O)(=O)c1ccc(C)cc1C1Cc2cc(C)c3c(c2O1)CCC3. The maximum atomic E-state index is 12.3. The molecule has 2 aliphatic rings. The molecule has 0 N–H and O–H groups in total. The Morgan fingerprint density at radius 2 is 1.88 bits per heavy atom. The number of benzene rings is 2. The van der Waals surface area contributed by atoms with Crippen molar-refractivity contribution in [3.8, 4) is 5.75 Å². The highest BCUT2D eigenvalue weighted by atomic mass is 32.2. The molecule has 0 saturated heterocycles. The van der Waals surface area contributed by atoms with Crippen LogP contribution in [0.3, 0.4) is 0 Å². The van der Waals surface area contributed by atoms with E-state index in [1.54, 1.807) is 12.1 Å². The Kier molecular flexibility index (Phi) is 3.89. The number of fused-ring (bicyclic) bond motifs is 3. The van der Waals surface area contributed by atoms with Gasteiger partial charge in [0.15, 0.2) is 0 Å². The van der Waals surface area contributed by atoms with Gasteiger partial charge in [-0.05, 0) is 61.4 Å². The first-order chi connectivity index (χ1) is 11.9. The van der Waals surface area contributed by atoms with Gasteiger partial charge in [0.2, 0.25) is 0 Å². The topological polar surface area (TPSA) is 52.6 Å². The Balaban J connectivity index is 1.80. The van der Waals surface area contributed by atoms with E-state index in [4.69, 9.17) is 8.92 Å². The lowest BCUT2D eigenvalue weighted by Gasteiger charge is -2.17. The van der Waals surface area contributed by atoms with Crippen LogP contribution in [0.25, 0.3) is 0 Å². The monoisotopic (exact) mass is 358 g/mol. The third kappa shape index (κ3) is 2.66. The molecule has 0 fully saturated rings. The van der Waals surface area contributed by atoms with Crippen molar-refractivity contribution in [2.75, 3.05) is 7.11 Å². The van der Waals surface area contributed by atoms with Gasteiger partial charge in [0.25, 0.3) is 10.1 Å². The van der Waals surface area contributed by atoms with Crippen molar-refractivity contribution >= 4 is 10.1 Å². The van der Waals surface area contributed by atoms with E-state index in [0.717, 1.165) is 30.6 Å². The van der Waals surface area contributed by atoms with Crippen molar-refractivity contribution < 1.29 is 17.3 Å². The molecule has 5 heteroatoms. The highest BCUT2D eigenvalue weighted by Crippen LogP contribution is 2.45. The van der Waals surface area contributed by atoms with Gasteiger partial charge in [-0.25, -0.2) is 0 Å². The molecular formula is C20H22O4S. The lowest BCUT2D eigenvalue weighted by molar-refractivity contribution is 0.232. The maximum Gasteiger partial charge on any atom is 0.297 e. The fourth-order valence-electron chi connectivity index (χ4n) is 4.13. The summed E-state index contributed by atoms with van der Waals surface area (Å²) >= 11 is 0. The minimum absolute atomic E-state index is 0.201. The minimum Gasteiger partial charge on any atom is -0.485 e. The molecule has 0 amide bonds. The highest BCUT2D eigenvalue weighted by Gasteiger charge is 2.33. The van der Waals surface area contributed by atoms with E-state index in [0.29, 0.717) is 12.0 Å². The first-order valence-electron chi connectivity index (χ1n) is 8.63. The second-order valence-electron chi connectivity index (χ2n) is 6.97. The first-order valence-corrected chi connectivity index (χ1v) is 10.0. The molecule has 4 nitrogen and oxygen atoms in total. The molecule has 1 heterocycles. The number of hydrogen-bond donors (Lipinski definition) is 0. The van der Waals surface area contributed by atoms with Crippen LogP contribution in [-0.2, 0) is 33.6 Å².